The number of nitrogens with two attached hydrogens (primary N) is 1. The summed E-state index contributed by atoms with van der Waals surface area (Å²) in [5.41, 5.74) is 4.49. The molecule has 2 rings (SSSR count). The molecule has 5 atom stereocenters. The van der Waals surface area contributed by atoms with Crippen molar-refractivity contribution in [1.29, 1.82) is 0 Å². The number of ketones is 1. The number of carbonyl (C=O) groups is 6. The molecule has 5 N–H and O–H groups in total. The maximum absolute atomic E-state index is 14.1. The Morgan fingerprint density at radius 2 is 1.52 bits per heavy atom. The standard InChI is InChI=1S/C30H51N5O7/c1-15(2)19-13-21(26(38)32-20(12-18-10-11-18)23(36)25(31)37)35(14-19)27(39)24(30(7,8)9)34-29(41)33-22(16(3)4)28(40)42-17(5)6/h15-22,24H,10-14H2,1-9H3,(H2,31,37)(H,32,38)(H2,33,34,41)/t19-,20?,21+,22+,24-/m1/s1. The Bertz CT molecular complexity index is 1030. The van der Waals surface area contributed by atoms with Gasteiger partial charge in [-0.25, -0.2) is 9.59 Å². The molecule has 1 unspecified atom stereocenters. The average molecular weight is 594 g/mol. The van der Waals surface area contributed by atoms with E-state index < -0.39 is 65.1 Å². The van der Waals surface area contributed by atoms with Gasteiger partial charge in [0.25, 0.3) is 5.91 Å². The third-order valence-corrected chi connectivity index (χ3v) is 7.95. The highest BCUT2D eigenvalue weighted by Crippen LogP contribution is 2.35. The Balaban J connectivity index is 2.29. The SMILES string of the molecule is CC(C)OC(=O)[C@@H](NC(=O)N[C@H](C(=O)N1C[C@H](C(C)C)C[C@H]1C(=O)NC(CC1CC1)C(=O)C(N)=O)C(C)(C)C)C(C)C. The maximum atomic E-state index is 14.1. The summed E-state index contributed by atoms with van der Waals surface area (Å²) in [5.74, 6) is -3.38. The first-order chi connectivity index (χ1) is 19.3. The van der Waals surface area contributed by atoms with Crippen molar-refractivity contribution in [3.63, 3.8) is 0 Å². The summed E-state index contributed by atoms with van der Waals surface area (Å²) in [6.07, 6.45) is 2.16. The highest BCUT2D eigenvalue weighted by Gasteiger charge is 2.46. The number of hydrogen-bond acceptors (Lipinski definition) is 7. The quantitative estimate of drug-likeness (QED) is 0.186. The summed E-state index contributed by atoms with van der Waals surface area (Å²) >= 11 is 0. The molecule has 0 aromatic carbocycles. The molecule has 5 amide bonds. The van der Waals surface area contributed by atoms with Crippen LogP contribution in [0.2, 0.25) is 0 Å². The monoisotopic (exact) mass is 593 g/mol. The molecule has 1 aliphatic carbocycles. The van der Waals surface area contributed by atoms with Crippen LogP contribution in [0.4, 0.5) is 4.79 Å². The first kappa shape index (κ1) is 35.0. The third kappa shape index (κ3) is 9.69. The van der Waals surface area contributed by atoms with E-state index in [4.69, 9.17) is 10.5 Å². The number of esters is 1. The molecule has 0 bridgehead atoms. The highest BCUT2D eigenvalue weighted by molar-refractivity contribution is 6.37. The van der Waals surface area contributed by atoms with E-state index in [1.165, 1.54) is 4.90 Å². The van der Waals surface area contributed by atoms with Gasteiger partial charge in [-0.15, -0.1) is 0 Å². The van der Waals surface area contributed by atoms with Crippen LogP contribution < -0.4 is 21.7 Å². The fourth-order valence-corrected chi connectivity index (χ4v) is 5.13. The second-order valence-corrected chi connectivity index (χ2v) is 13.8. The summed E-state index contributed by atoms with van der Waals surface area (Å²) in [5, 5.41) is 8.10. The molecule has 0 aromatic heterocycles. The molecule has 12 nitrogen and oxygen atoms in total. The van der Waals surface area contributed by atoms with Gasteiger partial charge in [0.2, 0.25) is 17.6 Å². The van der Waals surface area contributed by atoms with Gasteiger partial charge >= 0.3 is 12.0 Å². The van der Waals surface area contributed by atoms with Crippen LogP contribution in [-0.2, 0) is 28.7 Å². The molecular formula is C30H51N5O7. The van der Waals surface area contributed by atoms with Crippen molar-refractivity contribution in [3.8, 4) is 0 Å². The lowest BCUT2D eigenvalue weighted by Crippen LogP contribution is -2.61. The molecule has 0 spiro atoms. The number of ether oxygens (including phenoxy) is 1. The predicted octanol–water partition coefficient (Wildman–Crippen LogP) is 1.89. The van der Waals surface area contributed by atoms with Crippen LogP contribution in [0.3, 0.4) is 0 Å². The normalized spacial score (nSPS) is 21.1. The van der Waals surface area contributed by atoms with Crippen LogP contribution in [0, 0.1) is 29.1 Å². The summed E-state index contributed by atoms with van der Waals surface area (Å²) in [6.45, 7) is 16.7. The molecule has 2 aliphatic rings. The predicted molar refractivity (Wildman–Crippen MR) is 157 cm³/mol. The number of rotatable bonds is 13. The minimum atomic E-state index is -1.11. The van der Waals surface area contributed by atoms with Gasteiger partial charge in [-0.3, -0.25) is 19.2 Å². The molecule has 2 fully saturated rings. The zero-order valence-electron chi connectivity index (χ0n) is 26.6. The summed E-state index contributed by atoms with van der Waals surface area (Å²) in [6, 6.07) is -4.61. The Morgan fingerprint density at radius 3 is 1.98 bits per heavy atom. The van der Waals surface area contributed by atoms with Crippen molar-refractivity contribution < 1.29 is 33.5 Å². The molecule has 1 heterocycles. The second-order valence-electron chi connectivity index (χ2n) is 13.8. The van der Waals surface area contributed by atoms with Crippen molar-refractivity contribution in [2.75, 3.05) is 6.54 Å². The lowest BCUT2D eigenvalue weighted by molar-refractivity contribution is -0.150. The Hall–Kier alpha value is -3.18. The number of likely N-dealkylation sites (tertiary alicyclic amines) is 1. The minimum absolute atomic E-state index is 0.00370. The van der Waals surface area contributed by atoms with Gasteiger partial charge in [0.15, 0.2) is 0 Å². The van der Waals surface area contributed by atoms with Crippen LogP contribution in [0.1, 0.15) is 88.0 Å². The Labute approximate surface area is 249 Å². The number of primary amides is 1. The number of hydrogen-bond donors (Lipinski definition) is 4. The first-order valence-electron chi connectivity index (χ1n) is 15.0. The fourth-order valence-electron chi connectivity index (χ4n) is 5.13. The second kappa shape index (κ2) is 14.3. The number of Topliss-reactive ketones (excluding diaryl/α,β-unsaturated/α-hetero) is 1. The number of amides is 5. The van der Waals surface area contributed by atoms with E-state index in [2.05, 4.69) is 16.0 Å². The number of carbonyl (C=O) groups excluding carboxylic acids is 6. The van der Waals surface area contributed by atoms with Crippen molar-refractivity contribution in [2.24, 2.45) is 34.8 Å². The van der Waals surface area contributed by atoms with Crippen molar-refractivity contribution in [2.45, 2.75) is 118 Å². The van der Waals surface area contributed by atoms with Crippen molar-refractivity contribution in [3.05, 3.63) is 0 Å². The van der Waals surface area contributed by atoms with Gasteiger partial charge < -0.3 is 31.3 Å². The molecule has 0 aromatic rings. The van der Waals surface area contributed by atoms with Gasteiger partial charge in [0.1, 0.15) is 18.1 Å². The zero-order valence-corrected chi connectivity index (χ0v) is 26.6. The topological polar surface area (TPSA) is 177 Å². The number of nitrogens with one attached hydrogen (secondary N) is 3. The van der Waals surface area contributed by atoms with Crippen molar-refractivity contribution >= 4 is 35.5 Å². The van der Waals surface area contributed by atoms with Gasteiger partial charge in [0, 0.05) is 6.54 Å². The van der Waals surface area contributed by atoms with Crippen LogP contribution in [-0.4, -0.2) is 77.2 Å². The first-order valence-corrected chi connectivity index (χ1v) is 15.0. The molecule has 1 aliphatic heterocycles. The van der Waals surface area contributed by atoms with Gasteiger partial charge in [-0.1, -0.05) is 61.3 Å². The smallest absolute Gasteiger partial charge is 0.329 e. The zero-order chi connectivity index (χ0) is 32.1. The summed E-state index contributed by atoms with van der Waals surface area (Å²) in [4.78, 5) is 79.0. The molecule has 1 saturated carbocycles. The van der Waals surface area contributed by atoms with E-state index >= 15 is 0 Å². The fraction of sp³-hybridized carbons (Fsp3) is 0.800. The molecule has 1 saturated heterocycles. The highest BCUT2D eigenvalue weighted by atomic mass is 16.5. The lowest BCUT2D eigenvalue weighted by Gasteiger charge is -2.36. The Morgan fingerprint density at radius 1 is 0.929 bits per heavy atom. The van der Waals surface area contributed by atoms with E-state index in [1.807, 2.05) is 13.8 Å². The van der Waals surface area contributed by atoms with E-state index in [9.17, 15) is 28.8 Å². The van der Waals surface area contributed by atoms with E-state index in [0.29, 0.717) is 12.8 Å². The molecule has 12 heteroatoms. The maximum Gasteiger partial charge on any atom is 0.329 e. The van der Waals surface area contributed by atoms with E-state index in [0.717, 1.165) is 12.8 Å². The van der Waals surface area contributed by atoms with E-state index in [-0.39, 0.29) is 36.3 Å². The Kier molecular flexibility index (Phi) is 11.9. The van der Waals surface area contributed by atoms with Crippen LogP contribution >= 0.6 is 0 Å². The largest absolute Gasteiger partial charge is 0.461 e. The van der Waals surface area contributed by atoms with Crippen LogP contribution in [0.25, 0.3) is 0 Å². The number of urea groups is 1. The lowest BCUT2D eigenvalue weighted by atomic mass is 9.85. The summed E-state index contributed by atoms with van der Waals surface area (Å²) < 4.78 is 5.29. The van der Waals surface area contributed by atoms with Crippen LogP contribution in [0.5, 0.6) is 0 Å². The molecular weight excluding hydrogens is 542 g/mol. The minimum Gasteiger partial charge on any atom is -0.461 e. The van der Waals surface area contributed by atoms with Gasteiger partial charge in [0.05, 0.1) is 12.1 Å². The van der Waals surface area contributed by atoms with Gasteiger partial charge in [-0.2, -0.15) is 0 Å². The third-order valence-electron chi connectivity index (χ3n) is 7.95. The average Bonchev–Trinajstić information content (AvgIpc) is 3.56. The van der Waals surface area contributed by atoms with Gasteiger partial charge in [-0.05, 0) is 55.8 Å². The molecule has 42 heavy (non-hydrogen) atoms. The molecule has 238 valence electrons. The number of nitrogens with zero attached hydrogens (tertiary/aromatic N) is 1. The summed E-state index contributed by atoms with van der Waals surface area (Å²) in [7, 11) is 0. The van der Waals surface area contributed by atoms with Crippen molar-refractivity contribution in [1.82, 2.24) is 20.9 Å². The van der Waals surface area contributed by atoms with E-state index in [1.54, 1.807) is 48.5 Å². The molecule has 0 radical (unpaired) electrons. The van der Waals surface area contributed by atoms with Crippen LogP contribution in [0.15, 0.2) is 0 Å².